The van der Waals surface area contributed by atoms with E-state index in [-0.39, 0.29) is 86.0 Å². The maximum atomic E-state index is 14.3. The SMILES string of the molecule is Cc1cc(C)c(OCc2ccccc2N=C=O)c(F)c1.Cc1cc(C)c(OCc2ccccc2N=C=O)c(F)c1C.Cc1cc(C)c(OCc2ccccc2N=C=O)cc1F.Cc1cc(OCc2ccccc2N=C=O)c(C)c(F)c1C.Cc1ccc(OCc2ccccc2N=C=O)c(C(F)(F)F)c1.Cc1ccc(OCc2ccccc2N=C=O)c(C)c1F. The summed E-state index contributed by atoms with van der Waals surface area (Å²) in [4.78, 5) is 83.8. The lowest BCUT2D eigenvalue weighted by atomic mass is 10.0. The summed E-state index contributed by atoms with van der Waals surface area (Å²) in [7, 11) is 0. The van der Waals surface area contributed by atoms with E-state index in [9.17, 15) is 63.9 Å². The van der Waals surface area contributed by atoms with Gasteiger partial charge in [-0.25, -0.2) is 50.7 Å². The van der Waals surface area contributed by atoms with Gasteiger partial charge in [-0.15, -0.1) is 0 Å². The van der Waals surface area contributed by atoms with Gasteiger partial charge in [-0.3, -0.25) is 0 Å². The van der Waals surface area contributed by atoms with Crippen LogP contribution in [0, 0.1) is 119 Å². The highest BCUT2D eigenvalue weighted by Crippen LogP contribution is 2.39. The molecular weight excluding hydrogens is 1610 g/mol. The number of benzene rings is 12. The minimum atomic E-state index is -4.50. The molecule has 0 aromatic heterocycles. The Bertz CT molecular complexity index is 5990. The molecule has 0 aliphatic carbocycles. The topological polar surface area (TPSA) is 232 Å². The summed E-state index contributed by atoms with van der Waals surface area (Å²) in [6.45, 7) is 23.6. The highest BCUT2D eigenvalue weighted by atomic mass is 19.4. The average molecular weight is 1690 g/mol. The van der Waals surface area contributed by atoms with Crippen LogP contribution in [-0.4, -0.2) is 36.5 Å². The first-order chi connectivity index (χ1) is 59.4. The summed E-state index contributed by atoms with van der Waals surface area (Å²) >= 11 is 0. The first-order valence-corrected chi connectivity index (χ1v) is 38.1. The molecule has 12 aromatic carbocycles. The lowest BCUT2D eigenvalue weighted by Crippen LogP contribution is -2.09. The molecule has 0 saturated carbocycles. The second-order valence-electron chi connectivity index (χ2n) is 27.8. The summed E-state index contributed by atoms with van der Waals surface area (Å²) in [6, 6.07) is 59.3. The first-order valence-electron chi connectivity index (χ1n) is 38.1. The zero-order chi connectivity index (χ0) is 90.6. The Labute approximate surface area is 712 Å². The summed E-state index contributed by atoms with van der Waals surface area (Å²) in [5.74, 6) is 0.126. The van der Waals surface area contributed by atoms with Crippen LogP contribution in [0.25, 0.3) is 0 Å². The smallest absolute Gasteiger partial charge is 0.419 e. The largest absolute Gasteiger partial charge is 0.488 e. The van der Waals surface area contributed by atoms with Gasteiger partial charge < -0.3 is 28.4 Å². The number of halogens is 8. The van der Waals surface area contributed by atoms with Crippen molar-refractivity contribution < 1.29 is 92.3 Å². The second-order valence-corrected chi connectivity index (χ2v) is 27.8. The monoisotopic (exact) mass is 1690 g/mol. The zero-order valence-corrected chi connectivity index (χ0v) is 70.1. The molecule has 0 amide bonds. The van der Waals surface area contributed by atoms with E-state index in [0.717, 1.165) is 56.1 Å². The third-order valence-corrected chi connectivity index (χ3v) is 18.9. The van der Waals surface area contributed by atoms with E-state index in [0.29, 0.717) is 107 Å². The Hall–Kier alpha value is -14.8. The zero-order valence-electron chi connectivity index (χ0n) is 70.1. The molecule has 636 valence electrons. The van der Waals surface area contributed by atoms with Crippen LogP contribution in [0.15, 0.2) is 242 Å². The fourth-order valence-electron chi connectivity index (χ4n) is 12.0. The number of aryl methyl sites for hydroxylation is 9. The maximum absolute atomic E-state index is 14.3. The van der Waals surface area contributed by atoms with Gasteiger partial charge in [0.25, 0.3) is 0 Å². The number of isocyanates is 6. The van der Waals surface area contributed by atoms with Crippen LogP contribution in [0.2, 0.25) is 0 Å². The van der Waals surface area contributed by atoms with Gasteiger partial charge in [0, 0.05) is 50.6 Å². The third kappa shape index (κ3) is 28.1. The van der Waals surface area contributed by atoms with E-state index in [4.69, 9.17) is 28.4 Å². The van der Waals surface area contributed by atoms with Crippen LogP contribution < -0.4 is 28.4 Å². The average Bonchev–Trinajstić information content (AvgIpc) is 0.835. The minimum Gasteiger partial charge on any atom is -0.488 e. The van der Waals surface area contributed by atoms with Crippen molar-refractivity contribution in [3.05, 3.63) is 353 Å². The van der Waals surface area contributed by atoms with Crippen LogP contribution in [0.1, 0.15) is 111 Å². The Balaban J connectivity index is 0.000000204. The van der Waals surface area contributed by atoms with Crippen molar-refractivity contribution in [3.8, 4) is 34.5 Å². The Morgan fingerprint density at radius 3 is 0.992 bits per heavy atom. The number of ether oxygens (including phenoxy) is 6. The molecule has 0 unspecified atom stereocenters. The summed E-state index contributed by atoms with van der Waals surface area (Å²) in [5, 5.41) is 0. The highest BCUT2D eigenvalue weighted by Gasteiger charge is 2.34. The van der Waals surface area contributed by atoms with E-state index in [2.05, 4.69) is 30.0 Å². The summed E-state index contributed by atoms with van der Waals surface area (Å²) < 4.78 is 142. The Kier molecular flexibility index (Phi) is 37.1. The van der Waals surface area contributed by atoms with Crippen LogP contribution in [0.5, 0.6) is 34.5 Å². The summed E-state index contributed by atoms with van der Waals surface area (Å²) in [5.41, 5.74) is 14.9. The predicted molar refractivity (Wildman–Crippen MR) is 456 cm³/mol. The predicted octanol–water partition coefficient (Wildman–Crippen LogP) is 25.1. The number of hydrogen-bond donors (Lipinski definition) is 0. The van der Waals surface area contributed by atoms with Crippen molar-refractivity contribution in [1.82, 2.24) is 0 Å². The summed E-state index contributed by atoms with van der Waals surface area (Å²) in [6.07, 6.45) is 4.45. The molecule has 0 heterocycles. The molecule has 0 radical (unpaired) electrons. The Morgan fingerprint density at radius 2 is 0.589 bits per heavy atom. The van der Waals surface area contributed by atoms with Crippen molar-refractivity contribution in [2.45, 2.75) is 136 Å². The van der Waals surface area contributed by atoms with Gasteiger partial charge in [0.1, 0.15) is 80.1 Å². The molecule has 0 aliphatic heterocycles. The maximum Gasteiger partial charge on any atom is 0.419 e. The molecule has 0 N–H and O–H groups in total. The number of hydrogen-bond acceptors (Lipinski definition) is 18. The molecule has 12 aromatic rings. The molecule has 0 saturated heterocycles. The van der Waals surface area contributed by atoms with E-state index in [1.807, 2.05) is 76.2 Å². The molecule has 124 heavy (non-hydrogen) atoms. The molecular formula is C98H86F8N6O12. The molecule has 0 atom stereocenters. The number of aliphatic imine (C=N–C) groups is 6. The quantitative estimate of drug-likeness (QED) is 0.0312. The molecule has 18 nitrogen and oxygen atoms in total. The fourth-order valence-corrected chi connectivity index (χ4v) is 12.0. The van der Waals surface area contributed by atoms with Crippen molar-refractivity contribution >= 4 is 70.6 Å². The normalized spacial score (nSPS) is 10.2. The molecule has 0 spiro atoms. The van der Waals surface area contributed by atoms with Gasteiger partial charge in [0.05, 0.1) is 39.7 Å². The lowest BCUT2D eigenvalue weighted by molar-refractivity contribution is -0.139. The highest BCUT2D eigenvalue weighted by molar-refractivity contribution is 5.59. The van der Waals surface area contributed by atoms with Gasteiger partial charge in [-0.2, -0.15) is 43.1 Å². The van der Waals surface area contributed by atoms with Gasteiger partial charge in [-0.1, -0.05) is 139 Å². The van der Waals surface area contributed by atoms with Crippen molar-refractivity contribution in [2.24, 2.45) is 30.0 Å². The molecule has 0 aliphatic rings. The minimum absolute atomic E-state index is 0.131. The van der Waals surface area contributed by atoms with E-state index in [1.165, 1.54) is 54.7 Å². The van der Waals surface area contributed by atoms with Crippen LogP contribution >= 0.6 is 0 Å². The van der Waals surface area contributed by atoms with E-state index >= 15 is 0 Å². The molecule has 0 bridgehead atoms. The van der Waals surface area contributed by atoms with Crippen molar-refractivity contribution in [2.75, 3.05) is 0 Å². The number of carbonyl (C=O) groups excluding carboxylic acids is 6. The van der Waals surface area contributed by atoms with Crippen LogP contribution in [0.3, 0.4) is 0 Å². The molecule has 0 fully saturated rings. The van der Waals surface area contributed by atoms with Crippen LogP contribution in [0.4, 0.5) is 69.2 Å². The van der Waals surface area contributed by atoms with Crippen LogP contribution in [-0.2, 0) is 74.6 Å². The third-order valence-electron chi connectivity index (χ3n) is 18.9. The second kappa shape index (κ2) is 47.8. The van der Waals surface area contributed by atoms with Gasteiger partial charge >= 0.3 is 6.18 Å². The lowest BCUT2D eigenvalue weighted by Gasteiger charge is -2.15. The molecule has 26 heteroatoms. The number of nitrogens with zero attached hydrogens (tertiary/aromatic N) is 6. The van der Waals surface area contributed by atoms with E-state index in [1.54, 1.807) is 202 Å². The van der Waals surface area contributed by atoms with Gasteiger partial charge in [-0.05, 0) is 218 Å². The fraction of sp³-hybridized carbons (Fsp3) is 0.204. The van der Waals surface area contributed by atoms with E-state index < -0.39 is 11.7 Å². The number of alkyl halides is 3. The van der Waals surface area contributed by atoms with Crippen molar-refractivity contribution in [3.63, 3.8) is 0 Å². The Morgan fingerprint density at radius 1 is 0.258 bits per heavy atom. The standard InChI is InChI=1S/2C17H16FNO2.C16H12F3NO2.3C16H14FNO2/c1-11-8-16(13(3)17(18)12(11)2)21-9-14-6-4-5-7-15(14)19-10-20;1-11-8-12(2)17(16(18)13(11)3)21-9-14-6-4-5-7-15(14)19-10-20;1-11-6-7-15(13(8-11)16(17,18)19)22-9-12-4-2-3-5-14(12)20-10-21;1-11-7-12(2)16(8-14(11)17)20-9-13-5-3-4-6-15(13)18-10-19;1-11-7-12(2)16(14(17)8-11)20-9-13-5-3-4-6-15(13)18-10-19;1-11-7-8-15(12(2)16(11)17)20-9-13-5-3-4-6-14(13)18-10-19/h2*4-8H,9H2,1-3H3;2-8H,9H2,1H3;3*3-8H,9H2,1-2H3. The number of para-hydroxylation sites is 6. The van der Waals surface area contributed by atoms with Gasteiger partial charge in [0.15, 0.2) is 23.1 Å². The molecule has 12 rings (SSSR count). The van der Waals surface area contributed by atoms with Gasteiger partial charge in [0.2, 0.25) is 36.5 Å². The van der Waals surface area contributed by atoms with Crippen molar-refractivity contribution in [1.29, 1.82) is 0 Å². The number of rotatable bonds is 24. The first kappa shape index (κ1) is 96.3.